The molecule has 1 aliphatic heterocycles. The Morgan fingerprint density at radius 1 is 1.50 bits per heavy atom. The Kier molecular flexibility index (Phi) is 6.24. The van der Waals surface area contributed by atoms with Gasteiger partial charge in [-0.25, -0.2) is 4.39 Å². The van der Waals surface area contributed by atoms with Crippen molar-refractivity contribution in [2.24, 2.45) is 0 Å². The van der Waals surface area contributed by atoms with Crippen LogP contribution < -0.4 is 10.2 Å². The molecule has 1 aromatic carbocycles. The van der Waals surface area contributed by atoms with Crippen LogP contribution in [0.5, 0.6) is 0 Å². The molecule has 1 aromatic rings. The van der Waals surface area contributed by atoms with Crippen LogP contribution in [0.25, 0.3) is 0 Å². The summed E-state index contributed by atoms with van der Waals surface area (Å²) in [5, 5.41) is 2.67. The highest BCUT2D eigenvalue weighted by molar-refractivity contribution is 8.00. The number of piperidine rings is 1. The van der Waals surface area contributed by atoms with Crippen LogP contribution in [0.1, 0.15) is 26.2 Å². The minimum atomic E-state index is -0.324. The molecule has 1 fully saturated rings. The smallest absolute Gasteiger partial charge is 0.240 e. The van der Waals surface area contributed by atoms with Gasteiger partial charge in [0.25, 0.3) is 0 Å². The van der Waals surface area contributed by atoms with Crippen molar-refractivity contribution in [1.29, 1.82) is 0 Å². The fraction of sp³-hybridized carbons (Fsp3) is 0.500. The third kappa shape index (κ3) is 4.73. The summed E-state index contributed by atoms with van der Waals surface area (Å²) in [5.41, 5.74) is 0.633. The fourth-order valence-electron chi connectivity index (χ4n) is 2.46. The van der Waals surface area contributed by atoms with Crippen molar-refractivity contribution in [3.8, 4) is 0 Å². The van der Waals surface area contributed by atoms with Crippen LogP contribution >= 0.6 is 11.8 Å². The number of thioether (sulfide) groups is 1. The van der Waals surface area contributed by atoms with Crippen molar-refractivity contribution < 1.29 is 14.0 Å². The van der Waals surface area contributed by atoms with Crippen molar-refractivity contribution in [1.82, 2.24) is 5.32 Å². The van der Waals surface area contributed by atoms with Gasteiger partial charge >= 0.3 is 0 Å². The molecule has 0 aliphatic carbocycles. The van der Waals surface area contributed by atoms with Gasteiger partial charge in [0.15, 0.2) is 0 Å². The summed E-state index contributed by atoms with van der Waals surface area (Å²) in [6, 6.07) is 6.18. The zero-order valence-electron chi connectivity index (χ0n) is 12.7. The Labute approximate surface area is 134 Å². The van der Waals surface area contributed by atoms with E-state index in [4.69, 9.17) is 0 Å². The van der Waals surface area contributed by atoms with E-state index >= 15 is 0 Å². The van der Waals surface area contributed by atoms with E-state index in [0.29, 0.717) is 18.8 Å². The molecule has 4 nitrogen and oxygen atoms in total. The summed E-state index contributed by atoms with van der Waals surface area (Å²) in [4.78, 5) is 25.0. The Morgan fingerprint density at radius 3 is 3.05 bits per heavy atom. The number of anilines is 1. The molecule has 22 heavy (non-hydrogen) atoms. The Hall–Kier alpha value is -1.56. The lowest BCUT2D eigenvalue weighted by Gasteiger charge is -2.32. The van der Waals surface area contributed by atoms with Crippen LogP contribution in [-0.2, 0) is 9.59 Å². The fourth-order valence-corrected chi connectivity index (χ4v) is 3.66. The predicted octanol–water partition coefficient (Wildman–Crippen LogP) is 2.58. The zero-order chi connectivity index (χ0) is 15.9. The zero-order valence-corrected chi connectivity index (χ0v) is 13.5. The summed E-state index contributed by atoms with van der Waals surface area (Å²) < 4.78 is 13.3. The van der Waals surface area contributed by atoms with Crippen LogP contribution in [0.3, 0.4) is 0 Å². The number of amides is 2. The molecule has 2 amide bonds. The van der Waals surface area contributed by atoms with Crippen molar-refractivity contribution in [2.45, 2.75) is 31.4 Å². The number of hydrogen-bond acceptors (Lipinski definition) is 3. The Morgan fingerprint density at radius 2 is 2.32 bits per heavy atom. The van der Waals surface area contributed by atoms with E-state index in [-0.39, 0.29) is 22.9 Å². The molecular formula is C16H21FN2O2S. The molecule has 1 N–H and O–H groups in total. The summed E-state index contributed by atoms with van der Waals surface area (Å²) in [6.07, 6.45) is 2.62. The molecule has 0 radical (unpaired) electrons. The number of nitrogens with zero attached hydrogens (tertiary/aromatic N) is 1. The minimum absolute atomic E-state index is 0.0315. The van der Waals surface area contributed by atoms with Gasteiger partial charge in [-0.3, -0.25) is 9.59 Å². The second-order valence-corrected chi connectivity index (χ2v) is 6.62. The maximum Gasteiger partial charge on any atom is 0.240 e. The van der Waals surface area contributed by atoms with Crippen LogP contribution in [-0.4, -0.2) is 35.9 Å². The first-order valence-corrected chi connectivity index (χ1v) is 8.56. The molecule has 6 heteroatoms. The monoisotopic (exact) mass is 324 g/mol. The third-order valence-corrected chi connectivity index (χ3v) is 4.89. The van der Waals surface area contributed by atoms with Gasteiger partial charge in [0.2, 0.25) is 11.8 Å². The minimum Gasteiger partial charge on any atom is -0.356 e. The second kappa shape index (κ2) is 8.17. The molecule has 1 heterocycles. The van der Waals surface area contributed by atoms with Gasteiger partial charge in [-0.05, 0) is 43.2 Å². The lowest BCUT2D eigenvalue weighted by molar-refractivity contribution is -0.119. The normalized spacial score (nSPS) is 18.4. The number of hydrogen-bond donors (Lipinski definition) is 1. The van der Waals surface area contributed by atoms with Gasteiger partial charge < -0.3 is 10.2 Å². The second-order valence-electron chi connectivity index (χ2n) is 5.31. The van der Waals surface area contributed by atoms with Gasteiger partial charge in [-0.15, -0.1) is 11.8 Å². The predicted molar refractivity (Wildman–Crippen MR) is 87.5 cm³/mol. The Bertz CT molecular complexity index is 539. The maximum atomic E-state index is 13.3. The van der Waals surface area contributed by atoms with Gasteiger partial charge in [-0.1, -0.05) is 6.07 Å². The lowest BCUT2D eigenvalue weighted by Crippen LogP contribution is -2.43. The lowest BCUT2D eigenvalue weighted by atomic mass is 10.1. The molecular weight excluding hydrogens is 303 g/mol. The number of carbonyl (C=O) groups excluding carboxylic acids is 2. The molecule has 0 saturated carbocycles. The van der Waals surface area contributed by atoms with E-state index in [2.05, 4.69) is 5.32 Å². The first-order valence-electron chi connectivity index (χ1n) is 7.51. The average molecular weight is 324 g/mol. The standard InChI is InChI=1S/C16H21FN2O2S/c1-12(20)18-8-4-10-22-15-7-3-9-19(16(15)21)14-6-2-5-13(17)11-14/h2,5-6,11,15H,3-4,7-10H2,1H3,(H,18,20)/t15-/m1/s1. The number of carbonyl (C=O) groups is 2. The van der Waals surface area contributed by atoms with Gasteiger partial charge in [-0.2, -0.15) is 0 Å². The molecule has 0 spiro atoms. The molecule has 1 saturated heterocycles. The molecule has 1 aliphatic rings. The summed E-state index contributed by atoms with van der Waals surface area (Å²) in [5.74, 6) is 0.529. The first-order chi connectivity index (χ1) is 10.6. The SMILES string of the molecule is CC(=O)NCCCS[C@@H]1CCCN(c2cccc(F)c2)C1=O. The van der Waals surface area contributed by atoms with Crippen molar-refractivity contribution in [3.05, 3.63) is 30.1 Å². The third-order valence-electron chi connectivity index (χ3n) is 3.52. The van der Waals surface area contributed by atoms with Gasteiger partial charge in [0.1, 0.15) is 5.82 Å². The maximum absolute atomic E-state index is 13.3. The van der Waals surface area contributed by atoms with Gasteiger partial charge in [0.05, 0.1) is 5.25 Å². The number of benzene rings is 1. The summed E-state index contributed by atoms with van der Waals surface area (Å²) >= 11 is 1.62. The molecule has 1 atom stereocenters. The topological polar surface area (TPSA) is 49.4 Å². The highest BCUT2D eigenvalue weighted by Crippen LogP contribution is 2.28. The van der Waals surface area contributed by atoms with Crippen molar-refractivity contribution in [2.75, 3.05) is 23.7 Å². The van der Waals surface area contributed by atoms with E-state index in [0.717, 1.165) is 25.0 Å². The highest BCUT2D eigenvalue weighted by Gasteiger charge is 2.29. The van der Waals surface area contributed by atoms with E-state index < -0.39 is 0 Å². The van der Waals surface area contributed by atoms with Crippen LogP contribution in [0.2, 0.25) is 0 Å². The van der Waals surface area contributed by atoms with E-state index in [9.17, 15) is 14.0 Å². The number of rotatable bonds is 6. The number of nitrogens with one attached hydrogen (secondary N) is 1. The molecule has 0 aromatic heterocycles. The van der Waals surface area contributed by atoms with Gasteiger partial charge in [0, 0.05) is 25.7 Å². The molecule has 2 rings (SSSR count). The number of halogens is 1. The quantitative estimate of drug-likeness (QED) is 0.818. The van der Waals surface area contributed by atoms with E-state index in [1.165, 1.54) is 19.1 Å². The van der Waals surface area contributed by atoms with E-state index in [1.807, 2.05) is 0 Å². The van der Waals surface area contributed by atoms with Crippen LogP contribution in [0.15, 0.2) is 24.3 Å². The van der Waals surface area contributed by atoms with Crippen molar-refractivity contribution in [3.63, 3.8) is 0 Å². The largest absolute Gasteiger partial charge is 0.356 e. The molecule has 120 valence electrons. The summed E-state index contributed by atoms with van der Waals surface area (Å²) in [7, 11) is 0. The first kappa shape index (κ1) is 16.8. The summed E-state index contributed by atoms with van der Waals surface area (Å²) in [6.45, 7) is 2.77. The molecule has 0 bridgehead atoms. The molecule has 0 unspecified atom stereocenters. The van der Waals surface area contributed by atoms with Crippen molar-refractivity contribution >= 4 is 29.3 Å². The van der Waals surface area contributed by atoms with Crippen LogP contribution in [0.4, 0.5) is 10.1 Å². The Balaban J connectivity index is 1.86. The van der Waals surface area contributed by atoms with E-state index in [1.54, 1.807) is 28.8 Å². The van der Waals surface area contributed by atoms with Crippen LogP contribution in [0, 0.1) is 5.82 Å². The average Bonchev–Trinajstić information content (AvgIpc) is 2.48. The highest BCUT2D eigenvalue weighted by atomic mass is 32.2.